The van der Waals surface area contributed by atoms with Crippen molar-refractivity contribution in [1.82, 2.24) is 0 Å². The zero-order valence-corrected chi connectivity index (χ0v) is 20.0. The number of hydrogen-bond donors (Lipinski definition) is 2. The van der Waals surface area contributed by atoms with E-state index in [1.807, 2.05) is 43.3 Å². The van der Waals surface area contributed by atoms with Crippen LogP contribution in [0.15, 0.2) is 78.9 Å². The van der Waals surface area contributed by atoms with Gasteiger partial charge in [0.1, 0.15) is 0 Å². The number of halogens is 1. The summed E-state index contributed by atoms with van der Waals surface area (Å²) in [4.78, 5) is 34.0. The van der Waals surface area contributed by atoms with Crippen molar-refractivity contribution in [3.8, 4) is 0 Å². The highest BCUT2D eigenvalue weighted by Gasteiger charge is 2.24. The van der Waals surface area contributed by atoms with Crippen LogP contribution in [0.3, 0.4) is 0 Å². The summed E-state index contributed by atoms with van der Waals surface area (Å²) in [6.45, 7) is 3.95. The fourth-order valence-corrected chi connectivity index (χ4v) is 3.58. The minimum Gasteiger partial charge on any atom is -0.481 e. The summed E-state index contributed by atoms with van der Waals surface area (Å²) in [7, 11) is 0. The van der Waals surface area contributed by atoms with E-state index in [1.165, 1.54) is 5.56 Å². The molecule has 6 heteroatoms. The van der Waals surface area contributed by atoms with Crippen molar-refractivity contribution in [3.05, 3.63) is 106 Å². The van der Waals surface area contributed by atoms with Crippen molar-refractivity contribution < 1.29 is 24.6 Å². The van der Waals surface area contributed by atoms with Gasteiger partial charge < -0.3 is 10.2 Å². The van der Waals surface area contributed by atoms with E-state index in [0.717, 1.165) is 5.56 Å². The highest BCUT2D eigenvalue weighted by atomic mass is 35.5. The number of ketones is 1. The van der Waals surface area contributed by atoms with E-state index < -0.39 is 17.9 Å². The van der Waals surface area contributed by atoms with Crippen LogP contribution in [0.4, 0.5) is 0 Å². The Bertz CT molecular complexity index is 1090. The lowest BCUT2D eigenvalue weighted by atomic mass is 9.91. The molecule has 3 aromatic carbocycles. The van der Waals surface area contributed by atoms with E-state index >= 15 is 0 Å². The summed E-state index contributed by atoms with van der Waals surface area (Å²) in [5.74, 6) is -2.45. The molecule has 5 nitrogen and oxygen atoms in total. The Balaban J connectivity index is 0.000000270. The second kappa shape index (κ2) is 13.3. The quantitative estimate of drug-likeness (QED) is 0.331. The molecule has 0 fully saturated rings. The van der Waals surface area contributed by atoms with Gasteiger partial charge in [0.2, 0.25) is 0 Å². The van der Waals surface area contributed by atoms with Crippen molar-refractivity contribution in [2.24, 2.45) is 0 Å². The monoisotopic (exact) mass is 480 g/mol. The van der Waals surface area contributed by atoms with E-state index in [-0.39, 0.29) is 18.6 Å². The van der Waals surface area contributed by atoms with Gasteiger partial charge in [-0.25, -0.2) is 0 Å². The summed E-state index contributed by atoms with van der Waals surface area (Å²) >= 11 is 5.80. The molecule has 34 heavy (non-hydrogen) atoms. The van der Waals surface area contributed by atoms with Crippen LogP contribution < -0.4 is 0 Å². The minimum atomic E-state index is -1.02. The molecule has 2 N–H and O–H groups in total. The first kappa shape index (κ1) is 26.8. The van der Waals surface area contributed by atoms with Gasteiger partial charge in [-0.15, -0.1) is 0 Å². The molecule has 2 atom stereocenters. The van der Waals surface area contributed by atoms with Crippen LogP contribution in [0.1, 0.15) is 65.1 Å². The largest absolute Gasteiger partial charge is 0.481 e. The zero-order chi connectivity index (χ0) is 25.1. The SMILES string of the molecule is CC(CCC(=O)O)c1ccccc1.Cc1cccc(C(=O)CC(C(=O)O)c2ccc(Cl)cc2)c1. The Morgan fingerprint density at radius 2 is 1.50 bits per heavy atom. The minimum absolute atomic E-state index is 0.0690. The van der Waals surface area contributed by atoms with Crippen LogP contribution >= 0.6 is 11.6 Å². The van der Waals surface area contributed by atoms with Crippen molar-refractivity contribution in [2.75, 3.05) is 0 Å². The highest BCUT2D eigenvalue weighted by Crippen LogP contribution is 2.24. The number of rotatable bonds is 9. The maximum absolute atomic E-state index is 12.3. The molecule has 178 valence electrons. The average Bonchev–Trinajstić information content (AvgIpc) is 2.82. The first-order chi connectivity index (χ1) is 16.2. The van der Waals surface area contributed by atoms with E-state index in [4.69, 9.17) is 16.7 Å². The number of hydrogen-bond acceptors (Lipinski definition) is 3. The van der Waals surface area contributed by atoms with Gasteiger partial charge in [-0.2, -0.15) is 0 Å². The molecule has 0 spiro atoms. The van der Waals surface area contributed by atoms with Crippen LogP contribution in [-0.4, -0.2) is 27.9 Å². The van der Waals surface area contributed by atoms with Gasteiger partial charge in [0, 0.05) is 23.4 Å². The van der Waals surface area contributed by atoms with Crippen molar-refractivity contribution in [3.63, 3.8) is 0 Å². The zero-order valence-electron chi connectivity index (χ0n) is 19.3. The molecule has 0 bridgehead atoms. The molecule has 0 aliphatic carbocycles. The Morgan fingerprint density at radius 1 is 0.853 bits per heavy atom. The van der Waals surface area contributed by atoms with E-state index in [2.05, 4.69) is 6.92 Å². The summed E-state index contributed by atoms with van der Waals surface area (Å²) in [6.07, 6.45) is 0.885. The lowest BCUT2D eigenvalue weighted by Gasteiger charge is -2.12. The summed E-state index contributed by atoms with van der Waals surface area (Å²) in [5.41, 5.74) is 3.30. The van der Waals surface area contributed by atoms with Gasteiger partial charge in [0.05, 0.1) is 5.92 Å². The molecule has 0 radical (unpaired) electrons. The van der Waals surface area contributed by atoms with Crippen LogP contribution in [0.25, 0.3) is 0 Å². The number of Topliss-reactive ketones (excluding diaryl/α,β-unsaturated/α-hetero) is 1. The van der Waals surface area contributed by atoms with Gasteiger partial charge in [0.25, 0.3) is 0 Å². The van der Waals surface area contributed by atoms with Crippen LogP contribution in [0, 0.1) is 6.92 Å². The fourth-order valence-electron chi connectivity index (χ4n) is 3.45. The van der Waals surface area contributed by atoms with E-state index in [1.54, 1.807) is 42.5 Å². The Labute approximate surface area is 205 Å². The molecule has 3 rings (SSSR count). The summed E-state index contributed by atoms with van der Waals surface area (Å²) in [6, 6.07) is 23.7. The lowest BCUT2D eigenvalue weighted by Crippen LogP contribution is -2.16. The van der Waals surface area contributed by atoms with Gasteiger partial charge in [0.15, 0.2) is 5.78 Å². The van der Waals surface area contributed by atoms with E-state index in [9.17, 15) is 19.5 Å². The molecule has 0 saturated carbocycles. The molecular weight excluding hydrogens is 452 g/mol. The molecule has 3 aromatic rings. The van der Waals surface area contributed by atoms with Crippen LogP contribution in [0.2, 0.25) is 5.02 Å². The van der Waals surface area contributed by atoms with Crippen LogP contribution in [-0.2, 0) is 9.59 Å². The number of carboxylic acid groups (broad SMARTS) is 2. The molecule has 0 heterocycles. The molecule has 2 unspecified atom stereocenters. The average molecular weight is 481 g/mol. The van der Waals surface area contributed by atoms with Gasteiger partial charge in [-0.3, -0.25) is 14.4 Å². The third kappa shape index (κ3) is 8.83. The Hall–Kier alpha value is -3.44. The maximum Gasteiger partial charge on any atom is 0.311 e. The lowest BCUT2D eigenvalue weighted by molar-refractivity contribution is -0.139. The molecular formula is C28H29ClO5. The third-order valence-corrected chi connectivity index (χ3v) is 5.71. The first-order valence-corrected chi connectivity index (χ1v) is 11.4. The second-order valence-electron chi connectivity index (χ2n) is 8.18. The molecule has 0 aromatic heterocycles. The second-order valence-corrected chi connectivity index (χ2v) is 8.62. The van der Waals surface area contributed by atoms with Crippen molar-refractivity contribution in [1.29, 1.82) is 0 Å². The predicted octanol–water partition coefficient (Wildman–Crippen LogP) is 6.74. The number of aryl methyl sites for hydroxylation is 1. The van der Waals surface area contributed by atoms with Gasteiger partial charge >= 0.3 is 11.9 Å². The smallest absolute Gasteiger partial charge is 0.311 e. The molecule has 0 aliphatic heterocycles. The number of benzene rings is 3. The third-order valence-electron chi connectivity index (χ3n) is 5.46. The van der Waals surface area contributed by atoms with Crippen molar-refractivity contribution in [2.45, 2.75) is 44.9 Å². The summed E-state index contributed by atoms with van der Waals surface area (Å²) in [5, 5.41) is 18.4. The first-order valence-electron chi connectivity index (χ1n) is 11.0. The van der Waals surface area contributed by atoms with Gasteiger partial charge in [-0.05, 0) is 48.6 Å². The number of carbonyl (C=O) groups is 3. The fraction of sp³-hybridized carbons (Fsp3) is 0.250. The topological polar surface area (TPSA) is 91.7 Å². The predicted molar refractivity (Wildman–Crippen MR) is 134 cm³/mol. The number of carboxylic acids is 2. The van der Waals surface area contributed by atoms with Gasteiger partial charge in [-0.1, -0.05) is 84.8 Å². The Morgan fingerprint density at radius 3 is 2.06 bits per heavy atom. The normalized spacial score (nSPS) is 12.1. The maximum atomic E-state index is 12.3. The summed E-state index contributed by atoms with van der Waals surface area (Å²) < 4.78 is 0. The van der Waals surface area contributed by atoms with Crippen molar-refractivity contribution >= 4 is 29.3 Å². The van der Waals surface area contributed by atoms with E-state index in [0.29, 0.717) is 28.5 Å². The number of aliphatic carboxylic acids is 2. The Kier molecular flexibility index (Phi) is 10.5. The highest BCUT2D eigenvalue weighted by molar-refractivity contribution is 6.30. The standard InChI is InChI=1S/C17H15ClO3.C11H14O2/c1-11-3-2-4-13(9-11)16(19)10-15(17(20)21)12-5-7-14(18)8-6-12;1-9(7-8-11(12)13)10-5-3-2-4-6-10/h2-9,15H,10H2,1H3,(H,20,21);2-6,9H,7-8H2,1H3,(H,12,13). The molecule has 0 amide bonds. The number of carbonyl (C=O) groups excluding carboxylic acids is 1. The molecule has 0 saturated heterocycles. The van der Waals surface area contributed by atoms with Crippen LogP contribution in [0.5, 0.6) is 0 Å². The molecule has 0 aliphatic rings.